The zero-order chi connectivity index (χ0) is 25.6. The molecule has 4 heterocycles. The summed E-state index contributed by atoms with van der Waals surface area (Å²) in [4.78, 5) is 22.9. The number of carbonyl (C=O) groups is 1. The maximum atomic E-state index is 14.4. The predicted octanol–water partition coefficient (Wildman–Crippen LogP) is 5.26. The van der Waals surface area contributed by atoms with E-state index in [0.29, 0.717) is 37.1 Å². The predicted molar refractivity (Wildman–Crippen MR) is 125 cm³/mol. The fourth-order valence-corrected chi connectivity index (χ4v) is 4.82. The van der Waals surface area contributed by atoms with Gasteiger partial charge in [-0.25, -0.2) is 19.5 Å². The molecule has 0 saturated carbocycles. The summed E-state index contributed by atoms with van der Waals surface area (Å²) in [6.45, 7) is 0.908. The number of nitrogens with one attached hydrogen (secondary N) is 2. The summed E-state index contributed by atoms with van der Waals surface area (Å²) >= 11 is 7.32. The van der Waals surface area contributed by atoms with E-state index in [0.717, 1.165) is 23.0 Å². The summed E-state index contributed by atoms with van der Waals surface area (Å²) < 4.78 is 53.4. The molecule has 0 unspecified atom stereocenters. The number of aromatic hydroxyl groups is 1. The number of benzene rings is 1. The van der Waals surface area contributed by atoms with E-state index >= 15 is 0 Å². The lowest BCUT2D eigenvalue weighted by molar-refractivity contribution is -0.139. The molecule has 0 saturated heterocycles. The molecule has 3 aromatic heterocycles. The average molecular weight is 539 g/mol. The Kier molecular flexibility index (Phi) is 6.04. The van der Waals surface area contributed by atoms with E-state index in [2.05, 4.69) is 25.5 Å². The highest BCUT2D eigenvalue weighted by atomic mass is 35.5. The summed E-state index contributed by atoms with van der Waals surface area (Å²) in [6.07, 6.45) is -2.98. The number of nitrogens with zero attached hydrogens (tertiary/aromatic N) is 4. The number of pyridine rings is 1. The van der Waals surface area contributed by atoms with Crippen LogP contribution in [0.5, 0.6) is 5.88 Å². The van der Waals surface area contributed by atoms with Crippen molar-refractivity contribution in [1.29, 1.82) is 0 Å². The molecule has 0 aliphatic carbocycles. The number of aromatic amines is 1. The minimum atomic E-state index is -4.85. The largest absolute Gasteiger partial charge is 0.493 e. The molecule has 1 aliphatic heterocycles. The normalized spacial score (nSPS) is 13.5. The SMILES string of the molecule is O=C(Nc1nc(-c2cccc(C(F)(F)F)c2F)cs1)c1cnc(N2CCc3c(n[nH]c3O)C2)c(Cl)c1. The maximum absolute atomic E-state index is 14.4. The van der Waals surface area contributed by atoms with Crippen LogP contribution in [0.25, 0.3) is 11.3 Å². The number of hydrogen-bond acceptors (Lipinski definition) is 7. The van der Waals surface area contributed by atoms with Crippen molar-refractivity contribution in [3.63, 3.8) is 0 Å². The third-order valence-corrected chi connectivity index (χ3v) is 6.63. The highest BCUT2D eigenvalue weighted by molar-refractivity contribution is 7.14. The third-order valence-electron chi connectivity index (χ3n) is 5.59. The van der Waals surface area contributed by atoms with Crippen molar-refractivity contribution in [3.05, 3.63) is 69.1 Å². The second-order valence-electron chi connectivity index (χ2n) is 7.86. The van der Waals surface area contributed by atoms with Crippen molar-refractivity contribution < 1.29 is 27.5 Å². The molecule has 0 bridgehead atoms. The van der Waals surface area contributed by atoms with Gasteiger partial charge in [-0.2, -0.15) is 18.3 Å². The molecule has 5 rings (SSSR count). The number of H-pyrrole nitrogens is 1. The first kappa shape index (κ1) is 24.0. The third kappa shape index (κ3) is 4.46. The van der Waals surface area contributed by atoms with Crippen LogP contribution < -0.4 is 10.2 Å². The minimum absolute atomic E-state index is 0.0388. The molecule has 1 aromatic carbocycles. The molecule has 8 nitrogen and oxygen atoms in total. The van der Waals surface area contributed by atoms with Crippen LogP contribution in [0.3, 0.4) is 0 Å². The van der Waals surface area contributed by atoms with Gasteiger partial charge in [-0.15, -0.1) is 11.3 Å². The number of aromatic nitrogens is 4. The van der Waals surface area contributed by atoms with Crippen LogP contribution >= 0.6 is 22.9 Å². The fraction of sp³-hybridized carbons (Fsp3) is 0.182. The van der Waals surface area contributed by atoms with Gasteiger partial charge < -0.3 is 10.0 Å². The van der Waals surface area contributed by atoms with Crippen molar-refractivity contribution in [2.24, 2.45) is 0 Å². The maximum Gasteiger partial charge on any atom is 0.419 e. The van der Waals surface area contributed by atoms with E-state index < -0.39 is 23.5 Å². The zero-order valence-electron chi connectivity index (χ0n) is 18.0. The molecule has 0 spiro atoms. The fourth-order valence-electron chi connectivity index (χ4n) is 3.83. The van der Waals surface area contributed by atoms with Crippen LogP contribution in [0.15, 0.2) is 35.8 Å². The summed E-state index contributed by atoms with van der Waals surface area (Å²) in [6, 6.07) is 4.35. The second-order valence-corrected chi connectivity index (χ2v) is 9.12. The summed E-state index contributed by atoms with van der Waals surface area (Å²) in [5.74, 6) is -1.55. The first-order valence-corrected chi connectivity index (χ1v) is 11.7. The van der Waals surface area contributed by atoms with Gasteiger partial charge in [0.05, 0.1) is 34.1 Å². The lowest BCUT2D eigenvalue weighted by atomic mass is 10.1. The van der Waals surface area contributed by atoms with Crippen LogP contribution in [0, 0.1) is 5.82 Å². The minimum Gasteiger partial charge on any atom is -0.493 e. The Morgan fingerprint density at radius 3 is 2.86 bits per heavy atom. The van der Waals surface area contributed by atoms with Gasteiger partial charge in [0.1, 0.15) is 11.6 Å². The Balaban J connectivity index is 1.31. The van der Waals surface area contributed by atoms with E-state index in [9.17, 15) is 27.5 Å². The van der Waals surface area contributed by atoms with Crippen LogP contribution in [-0.4, -0.2) is 37.7 Å². The molecular weight excluding hydrogens is 524 g/mol. The molecule has 1 amide bonds. The van der Waals surface area contributed by atoms with Crippen LogP contribution in [0.4, 0.5) is 28.5 Å². The van der Waals surface area contributed by atoms with Gasteiger partial charge in [0.25, 0.3) is 5.91 Å². The summed E-state index contributed by atoms with van der Waals surface area (Å²) in [7, 11) is 0. The molecule has 186 valence electrons. The lowest BCUT2D eigenvalue weighted by Gasteiger charge is -2.27. The van der Waals surface area contributed by atoms with E-state index in [1.165, 1.54) is 23.7 Å². The number of rotatable bonds is 4. The monoisotopic (exact) mass is 538 g/mol. The van der Waals surface area contributed by atoms with Crippen molar-refractivity contribution >= 4 is 39.8 Å². The summed E-state index contributed by atoms with van der Waals surface area (Å²) in [5.41, 5.74) is -0.222. The number of fused-ring (bicyclic) bond motifs is 1. The zero-order valence-corrected chi connectivity index (χ0v) is 19.6. The Labute approximate surface area is 209 Å². The Morgan fingerprint density at radius 1 is 1.31 bits per heavy atom. The number of halogens is 5. The standard InChI is InChI=1S/C22H15ClF4N6O2S/c23-14-6-10(7-28-18(14)33-5-4-12-15(8-33)31-32-20(12)35)19(34)30-21-29-16(9-36-21)11-2-1-3-13(17(11)24)22(25,26)27/h1-3,6-7,9H,4-5,8H2,(H,29,30,34)(H2,31,32,35). The Morgan fingerprint density at radius 2 is 2.11 bits per heavy atom. The van der Waals surface area contributed by atoms with Gasteiger partial charge in [0, 0.05) is 29.2 Å². The molecule has 1 aliphatic rings. The Bertz CT molecular complexity index is 1470. The first-order chi connectivity index (χ1) is 17.1. The number of alkyl halides is 3. The topological polar surface area (TPSA) is 107 Å². The average Bonchev–Trinajstić information content (AvgIpc) is 3.44. The van der Waals surface area contributed by atoms with Crippen LogP contribution in [0.2, 0.25) is 5.02 Å². The molecule has 0 radical (unpaired) electrons. The number of hydrogen-bond donors (Lipinski definition) is 3. The molecule has 0 atom stereocenters. The number of thiazole rings is 1. The number of anilines is 2. The highest BCUT2D eigenvalue weighted by Crippen LogP contribution is 2.36. The van der Waals surface area contributed by atoms with Crippen molar-refractivity contribution in [2.45, 2.75) is 19.1 Å². The van der Waals surface area contributed by atoms with Gasteiger partial charge in [-0.3, -0.25) is 10.1 Å². The first-order valence-electron chi connectivity index (χ1n) is 10.4. The smallest absolute Gasteiger partial charge is 0.419 e. The van der Waals surface area contributed by atoms with E-state index in [4.69, 9.17) is 11.6 Å². The molecule has 36 heavy (non-hydrogen) atoms. The van der Waals surface area contributed by atoms with E-state index in [1.807, 2.05) is 4.90 Å². The molecule has 4 aromatic rings. The highest BCUT2D eigenvalue weighted by Gasteiger charge is 2.35. The van der Waals surface area contributed by atoms with Crippen molar-refractivity contribution in [1.82, 2.24) is 20.2 Å². The second kappa shape index (κ2) is 9.06. The van der Waals surface area contributed by atoms with Gasteiger partial charge >= 0.3 is 6.18 Å². The summed E-state index contributed by atoms with van der Waals surface area (Å²) in [5, 5.41) is 20.5. The van der Waals surface area contributed by atoms with Crippen molar-refractivity contribution in [2.75, 3.05) is 16.8 Å². The van der Waals surface area contributed by atoms with Gasteiger partial charge in [-0.1, -0.05) is 17.7 Å². The Hall–Kier alpha value is -3.71. The number of carbonyl (C=O) groups excluding carboxylic acids is 1. The van der Waals surface area contributed by atoms with Gasteiger partial charge in [0.15, 0.2) is 5.13 Å². The van der Waals surface area contributed by atoms with E-state index in [-0.39, 0.29) is 32.9 Å². The van der Waals surface area contributed by atoms with E-state index in [1.54, 1.807) is 0 Å². The molecule has 14 heteroatoms. The molecule has 0 fully saturated rings. The van der Waals surface area contributed by atoms with Gasteiger partial charge in [-0.05, 0) is 24.6 Å². The number of amides is 1. The van der Waals surface area contributed by atoms with Crippen LogP contribution in [-0.2, 0) is 19.1 Å². The van der Waals surface area contributed by atoms with Gasteiger partial charge in [0.2, 0.25) is 5.88 Å². The quantitative estimate of drug-likeness (QED) is 0.306. The molecule has 3 N–H and O–H groups in total. The van der Waals surface area contributed by atoms with Crippen LogP contribution in [0.1, 0.15) is 27.2 Å². The van der Waals surface area contributed by atoms with Crippen molar-refractivity contribution in [3.8, 4) is 17.1 Å². The lowest BCUT2D eigenvalue weighted by Crippen LogP contribution is -2.31. The molecular formula is C22H15ClF4N6O2S.